The smallest absolute Gasteiger partial charge is 0.141 e. The number of hydrogen-bond donors (Lipinski definition) is 1. The van der Waals surface area contributed by atoms with Crippen LogP contribution in [-0.2, 0) is 17.8 Å². The molecular weight excluding hydrogens is 266 g/mol. The quantitative estimate of drug-likeness (QED) is 0.692. The maximum absolute atomic E-state index is 5.07. The molecule has 0 amide bonds. The summed E-state index contributed by atoms with van der Waals surface area (Å²) in [6.07, 6.45) is 5.37. The molecule has 0 spiro atoms. The number of nitrogens with zero attached hydrogens (tertiary/aromatic N) is 4. The van der Waals surface area contributed by atoms with E-state index in [-0.39, 0.29) is 0 Å². The van der Waals surface area contributed by atoms with Crippen molar-refractivity contribution in [2.75, 3.05) is 39.9 Å². The Kier molecular flexibility index (Phi) is 7.12. The molecule has 0 radical (unpaired) electrons. The summed E-state index contributed by atoms with van der Waals surface area (Å²) in [6, 6.07) is 0. The summed E-state index contributed by atoms with van der Waals surface area (Å²) in [6.45, 7) is 9.20. The second-order valence-corrected chi connectivity index (χ2v) is 5.84. The fourth-order valence-corrected chi connectivity index (χ4v) is 2.95. The lowest BCUT2D eigenvalue weighted by atomic mass is 9.98. The van der Waals surface area contributed by atoms with E-state index < -0.39 is 0 Å². The molecule has 2 heterocycles. The van der Waals surface area contributed by atoms with E-state index in [2.05, 4.69) is 27.2 Å². The monoisotopic (exact) mass is 295 g/mol. The zero-order valence-electron chi connectivity index (χ0n) is 13.4. The van der Waals surface area contributed by atoms with Crippen LogP contribution in [0.2, 0.25) is 0 Å². The summed E-state index contributed by atoms with van der Waals surface area (Å²) in [5.74, 6) is 1.84. The van der Waals surface area contributed by atoms with Crippen LogP contribution in [-0.4, -0.2) is 59.6 Å². The zero-order valence-corrected chi connectivity index (χ0v) is 13.4. The predicted molar refractivity (Wildman–Crippen MR) is 83.1 cm³/mol. The van der Waals surface area contributed by atoms with Gasteiger partial charge in [0.05, 0.1) is 13.2 Å². The largest absolute Gasteiger partial charge is 0.383 e. The first-order valence-electron chi connectivity index (χ1n) is 8.12. The molecule has 1 unspecified atom stereocenters. The summed E-state index contributed by atoms with van der Waals surface area (Å²) in [4.78, 5) is 6.93. The van der Waals surface area contributed by atoms with Gasteiger partial charge >= 0.3 is 0 Å². The van der Waals surface area contributed by atoms with Gasteiger partial charge in [-0.1, -0.05) is 6.92 Å². The molecule has 1 aliphatic rings. The first-order chi connectivity index (χ1) is 10.3. The molecule has 1 aromatic heterocycles. The normalized spacial score (nSPS) is 20.0. The van der Waals surface area contributed by atoms with Crippen molar-refractivity contribution >= 4 is 0 Å². The summed E-state index contributed by atoms with van der Waals surface area (Å²) in [5, 5.41) is 7.80. The predicted octanol–water partition coefficient (Wildman–Crippen LogP) is 1.14. The molecule has 1 atom stereocenters. The first kappa shape index (κ1) is 16.4. The fourth-order valence-electron chi connectivity index (χ4n) is 2.95. The molecule has 0 bridgehead atoms. The Morgan fingerprint density at radius 2 is 2.38 bits per heavy atom. The van der Waals surface area contributed by atoms with Crippen molar-refractivity contribution in [3.8, 4) is 0 Å². The van der Waals surface area contributed by atoms with Gasteiger partial charge in [0.2, 0.25) is 0 Å². The minimum absolute atomic E-state index is 0.734. The minimum atomic E-state index is 0.734. The third-order valence-corrected chi connectivity index (χ3v) is 4.02. The van der Waals surface area contributed by atoms with Crippen molar-refractivity contribution in [2.45, 2.75) is 39.3 Å². The van der Waals surface area contributed by atoms with Gasteiger partial charge in [0.25, 0.3) is 0 Å². The van der Waals surface area contributed by atoms with E-state index in [4.69, 9.17) is 4.74 Å². The Morgan fingerprint density at radius 1 is 1.48 bits per heavy atom. The van der Waals surface area contributed by atoms with Gasteiger partial charge in [-0.05, 0) is 38.3 Å². The number of rotatable bonds is 9. The van der Waals surface area contributed by atoms with E-state index in [0.717, 1.165) is 57.5 Å². The Balaban J connectivity index is 1.76. The molecule has 6 nitrogen and oxygen atoms in total. The van der Waals surface area contributed by atoms with E-state index >= 15 is 0 Å². The highest BCUT2D eigenvalue weighted by Crippen LogP contribution is 2.17. The van der Waals surface area contributed by atoms with E-state index in [1.165, 1.54) is 19.4 Å². The summed E-state index contributed by atoms with van der Waals surface area (Å²) in [7, 11) is 1.75. The van der Waals surface area contributed by atoms with Crippen LogP contribution in [0.15, 0.2) is 6.33 Å². The number of hydrogen-bond acceptors (Lipinski definition) is 5. The molecule has 21 heavy (non-hydrogen) atoms. The van der Waals surface area contributed by atoms with Crippen LogP contribution < -0.4 is 5.32 Å². The van der Waals surface area contributed by atoms with Crippen LogP contribution >= 0.6 is 0 Å². The van der Waals surface area contributed by atoms with Crippen molar-refractivity contribution in [2.24, 2.45) is 5.92 Å². The zero-order chi connectivity index (χ0) is 14.9. The maximum atomic E-state index is 5.07. The lowest BCUT2D eigenvalue weighted by Crippen LogP contribution is -2.40. The SMILES string of the molecule is CCCn1ncnc1CN1CCCC(CNCCOC)C1. The molecule has 2 rings (SSSR count). The molecule has 0 aliphatic carbocycles. The summed E-state index contributed by atoms with van der Waals surface area (Å²) >= 11 is 0. The fraction of sp³-hybridized carbons (Fsp3) is 0.867. The van der Waals surface area contributed by atoms with Crippen molar-refractivity contribution in [3.05, 3.63) is 12.2 Å². The molecule has 6 heteroatoms. The highest BCUT2D eigenvalue weighted by atomic mass is 16.5. The molecule has 1 aliphatic heterocycles. The van der Waals surface area contributed by atoms with E-state index in [9.17, 15) is 0 Å². The third kappa shape index (κ3) is 5.37. The first-order valence-corrected chi connectivity index (χ1v) is 8.12. The van der Waals surface area contributed by atoms with Gasteiger partial charge in [-0.3, -0.25) is 4.90 Å². The van der Waals surface area contributed by atoms with Gasteiger partial charge in [-0.2, -0.15) is 5.10 Å². The third-order valence-electron chi connectivity index (χ3n) is 4.02. The highest BCUT2D eigenvalue weighted by Gasteiger charge is 2.21. The van der Waals surface area contributed by atoms with Crippen molar-refractivity contribution in [1.82, 2.24) is 25.0 Å². The average molecular weight is 295 g/mol. The number of nitrogens with one attached hydrogen (secondary N) is 1. The maximum Gasteiger partial charge on any atom is 0.141 e. The van der Waals surface area contributed by atoms with Crippen molar-refractivity contribution in [3.63, 3.8) is 0 Å². The Hall–Kier alpha value is -0.980. The van der Waals surface area contributed by atoms with Gasteiger partial charge in [0.15, 0.2) is 0 Å². The van der Waals surface area contributed by atoms with Gasteiger partial charge in [0, 0.05) is 26.7 Å². The molecule has 0 aromatic carbocycles. The molecule has 1 fully saturated rings. The van der Waals surface area contributed by atoms with Crippen LogP contribution in [0.5, 0.6) is 0 Å². The topological polar surface area (TPSA) is 55.2 Å². The molecule has 1 aromatic rings. The number of piperidine rings is 1. The number of methoxy groups -OCH3 is 1. The van der Waals surface area contributed by atoms with Crippen LogP contribution in [0.1, 0.15) is 32.0 Å². The number of aryl methyl sites for hydroxylation is 1. The minimum Gasteiger partial charge on any atom is -0.383 e. The second kappa shape index (κ2) is 9.12. The van der Waals surface area contributed by atoms with Gasteiger partial charge < -0.3 is 10.1 Å². The summed E-state index contributed by atoms with van der Waals surface area (Å²) < 4.78 is 7.11. The van der Waals surface area contributed by atoms with Crippen molar-refractivity contribution in [1.29, 1.82) is 0 Å². The van der Waals surface area contributed by atoms with Crippen LogP contribution in [0.25, 0.3) is 0 Å². The highest BCUT2D eigenvalue weighted by molar-refractivity contribution is 4.86. The van der Waals surface area contributed by atoms with Crippen LogP contribution in [0.4, 0.5) is 0 Å². The standard InChI is InChI=1S/C15H29N5O/c1-3-7-20-15(17-13-18-20)12-19-8-4-5-14(11-19)10-16-6-9-21-2/h13-14,16H,3-12H2,1-2H3. The Labute approximate surface area is 127 Å². The molecule has 0 saturated carbocycles. The van der Waals surface area contributed by atoms with E-state index in [1.807, 2.05) is 4.68 Å². The average Bonchev–Trinajstić information content (AvgIpc) is 2.92. The molecular formula is C15H29N5O. The van der Waals surface area contributed by atoms with Crippen LogP contribution in [0.3, 0.4) is 0 Å². The van der Waals surface area contributed by atoms with Crippen molar-refractivity contribution < 1.29 is 4.74 Å². The Bertz CT molecular complexity index is 395. The van der Waals surface area contributed by atoms with Gasteiger partial charge in [0.1, 0.15) is 12.2 Å². The second-order valence-electron chi connectivity index (χ2n) is 5.84. The molecule has 1 N–H and O–H groups in total. The lowest BCUT2D eigenvalue weighted by molar-refractivity contribution is 0.154. The molecule has 120 valence electrons. The van der Waals surface area contributed by atoms with Gasteiger partial charge in [-0.15, -0.1) is 0 Å². The number of aromatic nitrogens is 3. The Morgan fingerprint density at radius 3 is 3.19 bits per heavy atom. The van der Waals surface area contributed by atoms with E-state index in [0.29, 0.717) is 0 Å². The lowest BCUT2D eigenvalue weighted by Gasteiger charge is -2.32. The van der Waals surface area contributed by atoms with E-state index in [1.54, 1.807) is 13.4 Å². The van der Waals surface area contributed by atoms with Crippen LogP contribution in [0, 0.1) is 5.92 Å². The number of ether oxygens (including phenoxy) is 1. The summed E-state index contributed by atoms with van der Waals surface area (Å²) in [5.41, 5.74) is 0. The van der Waals surface area contributed by atoms with Gasteiger partial charge in [-0.25, -0.2) is 9.67 Å². The molecule has 1 saturated heterocycles. The number of likely N-dealkylation sites (tertiary alicyclic amines) is 1.